The van der Waals surface area contributed by atoms with Gasteiger partial charge in [0.05, 0.1) is 12.8 Å². The molecule has 0 unspecified atom stereocenters. The van der Waals surface area contributed by atoms with Gasteiger partial charge in [-0.15, -0.1) is 0 Å². The molecule has 7 heteroatoms. The summed E-state index contributed by atoms with van der Waals surface area (Å²) in [6.45, 7) is 3.95. The fraction of sp³-hybridized carbons (Fsp3) is 0.174. The minimum absolute atomic E-state index is 0.00394. The molecule has 0 aromatic heterocycles. The molecule has 156 valence electrons. The van der Waals surface area contributed by atoms with Gasteiger partial charge in [0, 0.05) is 16.1 Å². The molecule has 3 rings (SSSR count). The molecule has 0 amide bonds. The summed E-state index contributed by atoms with van der Waals surface area (Å²) >= 11 is 6.09. The number of anilines is 1. The number of rotatable bonds is 7. The lowest BCUT2D eigenvalue weighted by molar-refractivity contribution is 0.103. The average molecular weight is 444 g/mol. The summed E-state index contributed by atoms with van der Waals surface area (Å²) in [5, 5.41) is 0.330. The molecule has 0 atom stereocenters. The van der Waals surface area contributed by atoms with Gasteiger partial charge in [-0.2, -0.15) is 0 Å². The summed E-state index contributed by atoms with van der Waals surface area (Å²) in [5.41, 5.74) is 1.59. The predicted molar refractivity (Wildman–Crippen MR) is 119 cm³/mol. The Morgan fingerprint density at radius 1 is 1.00 bits per heavy atom. The maximum absolute atomic E-state index is 13.2. The van der Waals surface area contributed by atoms with E-state index in [2.05, 4.69) is 4.72 Å². The normalized spacial score (nSPS) is 11.4. The van der Waals surface area contributed by atoms with Crippen LogP contribution in [0.15, 0.2) is 71.6 Å². The summed E-state index contributed by atoms with van der Waals surface area (Å²) in [6.07, 6.45) is 0. The number of ketones is 1. The van der Waals surface area contributed by atoms with E-state index in [0.717, 1.165) is 5.56 Å². The van der Waals surface area contributed by atoms with Crippen molar-refractivity contribution in [3.8, 4) is 5.75 Å². The molecular weight excluding hydrogens is 422 g/mol. The monoisotopic (exact) mass is 443 g/mol. The summed E-state index contributed by atoms with van der Waals surface area (Å²) in [4.78, 5) is 13.0. The first-order chi connectivity index (χ1) is 14.2. The van der Waals surface area contributed by atoms with E-state index in [0.29, 0.717) is 10.6 Å². The highest BCUT2D eigenvalue weighted by atomic mass is 35.5. The summed E-state index contributed by atoms with van der Waals surface area (Å²) in [6, 6.07) is 18.1. The average Bonchev–Trinajstić information content (AvgIpc) is 2.74. The summed E-state index contributed by atoms with van der Waals surface area (Å²) in [7, 11) is -2.62. The van der Waals surface area contributed by atoms with Crippen molar-refractivity contribution in [2.75, 3.05) is 11.8 Å². The number of benzene rings is 3. The summed E-state index contributed by atoms with van der Waals surface area (Å²) < 4.78 is 34.2. The molecule has 0 fully saturated rings. The predicted octanol–water partition coefficient (Wildman–Crippen LogP) is 5.50. The Bertz CT molecular complexity index is 1180. The third-order valence-electron chi connectivity index (χ3n) is 4.65. The SMILES string of the molecule is COc1ccc(C(C)C)cc1S(=O)(=O)Nc1ccc(Cl)cc1C(=O)c1ccccc1. The van der Waals surface area contributed by atoms with Gasteiger partial charge < -0.3 is 4.74 Å². The number of nitrogens with one attached hydrogen (secondary N) is 1. The molecule has 0 aliphatic heterocycles. The van der Waals surface area contributed by atoms with Crippen molar-refractivity contribution < 1.29 is 17.9 Å². The van der Waals surface area contributed by atoms with E-state index in [-0.39, 0.29) is 33.6 Å². The molecule has 0 heterocycles. The second kappa shape index (κ2) is 8.90. The highest BCUT2D eigenvalue weighted by molar-refractivity contribution is 7.92. The molecule has 0 saturated heterocycles. The maximum atomic E-state index is 13.2. The van der Waals surface area contributed by atoms with Crippen molar-refractivity contribution in [2.45, 2.75) is 24.7 Å². The smallest absolute Gasteiger partial charge is 0.265 e. The van der Waals surface area contributed by atoms with Crippen LogP contribution in [-0.2, 0) is 10.0 Å². The van der Waals surface area contributed by atoms with E-state index in [4.69, 9.17) is 16.3 Å². The number of methoxy groups -OCH3 is 1. The molecule has 0 radical (unpaired) electrons. The van der Waals surface area contributed by atoms with Crippen molar-refractivity contribution in [3.05, 3.63) is 88.4 Å². The molecule has 0 saturated carbocycles. The lowest BCUT2D eigenvalue weighted by Crippen LogP contribution is -2.17. The van der Waals surface area contributed by atoms with Crippen molar-refractivity contribution >= 4 is 33.1 Å². The number of hydrogen-bond donors (Lipinski definition) is 1. The zero-order valence-electron chi connectivity index (χ0n) is 16.8. The molecule has 0 aliphatic rings. The van der Waals surface area contributed by atoms with Gasteiger partial charge >= 0.3 is 0 Å². The number of halogens is 1. The van der Waals surface area contributed by atoms with Gasteiger partial charge in [-0.05, 0) is 41.8 Å². The third kappa shape index (κ3) is 4.66. The quantitative estimate of drug-likeness (QED) is 0.489. The largest absolute Gasteiger partial charge is 0.495 e. The number of ether oxygens (including phenoxy) is 1. The van der Waals surface area contributed by atoms with Crippen LogP contribution in [-0.4, -0.2) is 21.3 Å². The Morgan fingerprint density at radius 3 is 2.33 bits per heavy atom. The third-order valence-corrected chi connectivity index (χ3v) is 6.27. The first kappa shape index (κ1) is 21.9. The van der Waals surface area contributed by atoms with Crippen LogP contribution in [0.3, 0.4) is 0 Å². The molecule has 5 nitrogen and oxygen atoms in total. The van der Waals surface area contributed by atoms with Gasteiger partial charge in [0.2, 0.25) is 0 Å². The Morgan fingerprint density at radius 2 is 1.70 bits per heavy atom. The van der Waals surface area contributed by atoms with Crippen LogP contribution in [0.1, 0.15) is 41.3 Å². The van der Waals surface area contributed by atoms with Crippen LogP contribution >= 0.6 is 11.6 Å². The van der Waals surface area contributed by atoms with E-state index < -0.39 is 10.0 Å². The van der Waals surface area contributed by atoms with Gasteiger partial charge in [0.15, 0.2) is 5.78 Å². The Kier molecular flexibility index (Phi) is 6.48. The lowest BCUT2D eigenvalue weighted by atomic mass is 10.0. The lowest BCUT2D eigenvalue weighted by Gasteiger charge is -2.16. The molecule has 3 aromatic carbocycles. The first-order valence-electron chi connectivity index (χ1n) is 9.33. The van der Waals surface area contributed by atoms with E-state index in [1.807, 2.05) is 19.9 Å². The highest BCUT2D eigenvalue weighted by Gasteiger charge is 2.24. The minimum atomic E-state index is -4.03. The molecular formula is C23H22ClNO4S. The number of carbonyl (C=O) groups excluding carboxylic acids is 1. The van der Waals surface area contributed by atoms with Crippen LogP contribution in [0.25, 0.3) is 0 Å². The molecule has 30 heavy (non-hydrogen) atoms. The van der Waals surface area contributed by atoms with Crippen molar-refractivity contribution in [1.82, 2.24) is 0 Å². The van der Waals surface area contributed by atoms with E-state index >= 15 is 0 Å². The minimum Gasteiger partial charge on any atom is -0.495 e. The topological polar surface area (TPSA) is 72.5 Å². The van der Waals surface area contributed by atoms with Crippen LogP contribution in [0.4, 0.5) is 5.69 Å². The van der Waals surface area contributed by atoms with Crippen molar-refractivity contribution in [3.63, 3.8) is 0 Å². The number of hydrogen-bond acceptors (Lipinski definition) is 4. The second-order valence-corrected chi connectivity index (χ2v) is 9.14. The van der Waals surface area contributed by atoms with Crippen molar-refractivity contribution in [1.29, 1.82) is 0 Å². The standard InChI is InChI=1S/C23H22ClNO4S/c1-15(2)17-9-12-21(29-3)22(13-17)30(27,28)25-20-11-10-18(24)14-19(20)23(26)16-7-5-4-6-8-16/h4-15,25H,1-3H3. The fourth-order valence-electron chi connectivity index (χ4n) is 3.00. The van der Waals surface area contributed by atoms with Gasteiger partial charge in [-0.3, -0.25) is 9.52 Å². The van der Waals surface area contributed by atoms with Crippen LogP contribution in [0.2, 0.25) is 5.02 Å². The van der Waals surface area contributed by atoms with Gasteiger partial charge in [0.1, 0.15) is 10.6 Å². The van der Waals surface area contributed by atoms with Gasteiger partial charge in [-0.1, -0.05) is 61.8 Å². The molecule has 1 N–H and O–H groups in total. The number of sulfonamides is 1. The van der Waals surface area contributed by atoms with Gasteiger partial charge in [-0.25, -0.2) is 8.42 Å². The molecule has 0 aliphatic carbocycles. The molecule has 0 spiro atoms. The Labute approximate surface area is 181 Å². The number of carbonyl (C=O) groups is 1. The van der Waals surface area contributed by atoms with E-state index in [1.54, 1.807) is 42.5 Å². The Balaban J connectivity index is 2.07. The summed E-state index contributed by atoms with van der Waals surface area (Å²) in [5.74, 6) is 0.0195. The van der Waals surface area contributed by atoms with Gasteiger partial charge in [0.25, 0.3) is 10.0 Å². The zero-order valence-corrected chi connectivity index (χ0v) is 18.4. The molecule has 0 bridgehead atoms. The van der Waals surface area contributed by atoms with E-state index in [1.165, 1.54) is 25.3 Å². The van der Waals surface area contributed by atoms with Crippen LogP contribution < -0.4 is 9.46 Å². The molecule has 3 aromatic rings. The van der Waals surface area contributed by atoms with E-state index in [9.17, 15) is 13.2 Å². The Hall–Kier alpha value is -2.83. The van der Waals surface area contributed by atoms with Crippen LogP contribution in [0.5, 0.6) is 5.75 Å². The van der Waals surface area contributed by atoms with Crippen molar-refractivity contribution in [2.24, 2.45) is 0 Å². The first-order valence-corrected chi connectivity index (χ1v) is 11.2. The fourth-order valence-corrected chi connectivity index (χ4v) is 4.46. The zero-order chi connectivity index (χ0) is 21.9. The second-order valence-electron chi connectivity index (χ2n) is 7.06. The highest BCUT2D eigenvalue weighted by Crippen LogP contribution is 2.31. The maximum Gasteiger partial charge on any atom is 0.265 e. The van der Waals surface area contributed by atoms with Crippen LogP contribution in [0, 0.1) is 0 Å².